The topological polar surface area (TPSA) is 32.8 Å². The summed E-state index contributed by atoms with van der Waals surface area (Å²) in [6.45, 7) is 7.91. The lowest BCUT2D eigenvalue weighted by atomic mass is 10.3. The molecule has 0 unspecified atom stereocenters. The second-order valence-electron chi connectivity index (χ2n) is 2.80. The molecule has 1 heterocycles. The summed E-state index contributed by atoms with van der Waals surface area (Å²) in [4.78, 5) is 15.0. The molecule has 12 heavy (non-hydrogen) atoms. The third-order valence-electron chi connectivity index (χ3n) is 2.12. The molecule has 1 radical (unpaired) electrons. The second kappa shape index (κ2) is 4.30. The summed E-state index contributed by atoms with van der Waals surface area (Å²) in [6, 6.07) is 0. The highest BCUT2D eigenvalue weighted by Gasteiger charge is 2.19. The van der Waals surface area contributed by atoms with E-state index in [0.29, 0.717) is 0 Å². The van der Waals surface area contributed by atoms with Gasteiger partial charge in [0.25, 0.3) is 0 Å². The van der Waals surface area contributed by atoms with Gasteiger partial charge in [-0.1, -0.05) is 0 Å². The van der Waals surface area contributed by atoms with Gasteiger partial charge in [0.05, 0.1) is 7.11 Å². The lowest BCUT2D eigenvalue weighted by molar-refractivity contribution is 0.0944. The molecule has 0 aliphatic carbocycles. The van der Waals surface area contributed by atoms with Gasteiger partial charge in [-0.05, 0) is 13.5 Å². The van der Waals surface area contributed by atoms with Crippen molar-refractivity contribution in [2.75, 3.05) is 39.8 Å². The molecule has 0 bridgehead atoms. The van der Waals surface area contributed by atoms with E-state index in [1.165, 1.54) is 7.11 Å². The van der Waals surface area contributed by atoms with Gasteiger partial charge in [-0.2, -0.15) is 0 Å². The quantitative estimate of drug-likeness (QED) is 0.565. The number of carbonyl (C=O) groups excluding carboxylic acids is 1. The van der Waals surface area contributed by atoms with Crippen molar-refractivity contribution in [3.63, 3.8) is 0 Å². The molecule has 0 aromatic rings. The maximum atomic E-state index is 11.0. The van der Waals surface area contributed by atoms with Crippen molar-refractivity contribution in [2.24, 2.45) is 0 Å². The SMILES string of the molecule is [CH2]CN1CCN(C(=O)OC)CC1. The summed E-state index contributed by atoms with van der Waals surface area (Å²) in [7, 11) is 1.41. The molecule has 1 amide bonds. The highest BCUT2D eigenvalue weighted by Crippen LogP contribution is 2.01. The van der Waals surface area contributed by atoms with Gasteiger partial charge in [-0.25, -0.2) is 4.79 Å². The monoisotopic (exact) mass is 171 g/mol. The normalized spacial score (nSPS) is 19.3. The van der Waals surface area contributed by atoms with E-state index in [4.69, 9.17) is 0 Å². The Hall–Kier alpha value is -0.770. The number of piperazine rings is 1. The van der Waals surface area contributed by atoms with Gasteiger partial charge in [0, 0.05) is 26.2 Å². The Morgan fingerprint density at radius 3 is 2.42 bits per heavy atom. The lowest BCUT2D eigenvalue weighted by Crippen LogP contribution is -2.48. The van der Waals surface area contributed by atoms with Crippen LogP contribution in [-0.4, -0.2) is 55.7 Å². The van der Waals surface area contributed by atoms with Crippen molar-refractivity contribution in [3.8, 4) is 0 Å². The first kappa shape index (κ1) is 9.32. The first-order valence-corrected chi connectivity index (χ1v) is 4.12. The highest BCUT2D eigenvalue weighted by molar-refractivity contribution is 5.67. The van der Waals surface area contributed by atoms with E-state index in [1.807, 2.05) is 0 Å². The van der Waals surface area contributed by atoms with E-state index in [2.05, 4.69) is 16.6 Å². The van der Waals surface area contributed by atoms with Gasteiger partial charge in [0.2, 0.25) is 0 Å². The van der Waals surface area contributed by atoms with E-state index in [-0.39, 0.29) is 6.09 Å². The maximum absolute atomic E-state index is 11.0. The van der Waals surface area contributed by atoms with Gasteiger partial charge >= 0.3 is 6.09 Å². The van der Waals surface area contributed by atoms with E-state index in [1.54, 1.807) is 4.90 Å². The average Bonchev–Trinajstić information content (AvgIpc) is 2.17. The van der Waals surface area contributed by atoms with Crippen LogP contribution in [0.2, 0.25) is 0 Å². The van der Waals surface area contributed by atoms with Crippen LogP contribution in [0, 0.1) is 6.92 Å². The number of amides is 1. The van der Waals surface area contributed by atoms with Crippen LogP contribution in [0.1, 0.15) is 0 Å². The largest absolute Gasteiger partial charge is 0.453 e. The standard InChI is InChI=1S/C8H15N2O2/c1-3-9-4-6-10(7-5-9)8(11)12-2/h1,3-7H2,2H3. The fourth-order valence-electron chi connectivity index (χ4n) is 1.28. The highest BCUT2D eigenvalue weighted by atomic mass is 16.5. The molecule has 0 aromatic heterocycles. The number of carbonyl (C=O) groups is 1. The summed E-state index contributed by atoms with van der Waals surface area (Å²) < 4.78 is 4.61. The van der Waals surface area contributed by atoms with Gasteiger partial charge in [0.1, 0.15) is 0 Å². The second-order valence-corrected chi connectivity index (χ2v) is 2.80. The summed E-state index contributed by atoms with van der Waals surface area (Å²) in [5, 5.41) is 0. The molecule has 69 valence electrons. The Morgan fingerprint density at radius 2 is 2.00 bits per heavy atom. The molecule has 1 saturated heterocycles. The molecule has 1 fully saturated rings. The summed E-state index contributed by atoms with van der Waals surface area (Å²) in [5.41, 5.74) is 0. The van der Waals surface area contributed by atoms with Crippen molar-refractivity contribution >= 4 is 6.09 Å². The summed E-state index contributed by atoms with van der Waals surface area (Å²) >= 11 is 0. The molecule has 1 aliphatic rings. The lowest BCUT2D eigenvalue weighted by Gasteiger charge is -2.32. The number of methoxy groups -OCH3 is 1. The van der Waals surface area contributed by atoms with Gasteiger partial charge in [-0.15, -0.1) is 0 Å². The average molecular weight is 171 g/mol. The third-order valence-corrected chi connectivity index (χ3v) is 2.12. The van der Waals surface area contributed by atoms with Crippen LogP contribution in [0.25, 0.3) is 0 Å². The van der Waals surface area contributed by atoms with E-state index < -0.39 is 0 Å². The van der Waals surface area contributed by atoms with Crippen LogP contribution in [0.15, 0.2) is 0 Å². The number of hydrogen-bond donors (Lipinski definition) is 0. The van der Waals surface area contributed by atoms with Crippen LogP contribution >= 0.6 is 0 Å². The summed E-state index contributed by atoms with van der Waals surface area (Å²) in [5.74, 6) is 0. The molecule has 1 aliphatic heterocycles. The van der Waals surface area contributed by atoms with E-state index in [0.717, 1.165) is 32.7 Å². The molecule has 0 aromatic carbocycles. The molecule has 0 atom stereocenters. The molecule has 4 heteroatoms. The van der Waals surface area contributed by atoms with Crippen molar-refractivity contribution in [3.05, 3.63) is 6.92 Å². The number of ether oxygens (including phenoxy) is 1. The zero-order valence-corrected chi connectivity index (χ0v) is 7.45. The van der Waals surface area contributed by atoms with Crippen molar-refractivity contribution in [2.45, 2.75) is 0 Å². The minimum atomic E-state index is -0.223. The van der Waals surface area contributed by atoms with Crippen LogP contribution in [0.3, 0.4) is 0 Å². The van der Waals surface area contributed by atoms with E-state index in [9.17, 15) is 4.79 Å². The van der Waals surface area contributed by atoms with Crippen LogP contribution in [0.4, 0.5) is 4.79 Å². The Balaban J connectivity index is 2.30. The molecule has 0 spiro atoms. The van der Waals surface area contributed by atoms with Gasteiger partial charge < -0.3 is 9.64 Å². The molecular weight excluding hydrogens is 156 g/mol. The first-order chi connectivity index (χ1) is 5.77. The maximum Gasteiger partial charge on any atom is 0.409 e. The Morgan fingerprint density at radius 1 is 1.42 bits per heavy atom. The van der Waals surface area contributed by atoms with Crippen molar-refractivity contribution < 1.29 is 9.53 Å². The van der Waals surface area contributed by atoms with Crippen LogP contribution < -0.4 is 0 Å². The third kappa shape index (κ3) is 2.11. The smallest absolute Gasteiger partial charge is 0.409 e. The summed E-state index contributed by atoms with van der Waals surface area (Å²) in [6.07, 6.45) is -0.223. The van der Waals surface area contributed by atoms with Gasteiger partial charge in [-0.3, -0.25) is 4.90 Å². The number of hydrogen-bond acceptors (Lipinski definition) is 3. The minimum Gasteiger partial charge on any atom is -0.453 e. The minimum absolute atomic E-state index is 0.223. The molecule has 1 rings (SSSR count). The molecule has 0 saturated carbocycles. The van der Waals surface area contributed by atoms with Crippen LogP contribution in [0.5, 0.6) is 0 Å². The first-order valence-electron chi connectivity index (χ1n) is 4.12. The molecule has 0 N–H and O–H groups in total. The van der Waals surface area contributed by atoms with E-state index >= 15 is 0 Å². The Kier molecular flexibility index (Phi) is 3.34. The Labute approximate surface area is 73.1 Å². The number of nitrogens with zero attached hydrogens (tertiary/aromatic N) is 2. The number of rotatable bonds is 1. The predicted octanol–water partition coefficient (Wildman–Crippen LogP) is 0.204. The fraction of sp³-hybridized carbons (Fsp3) is 0.750. The Bertz CT molecular complexity index is 153. The zero-order valence-electron chi connectivity index (χ0n) is 7.45. The fourth-order valence-corrected chi connectivity index (χ4v) is 1.28. The predicted molar refractivity (Wildman–Crippen MR) is 45.8 cm³/mol. The molecular formula is C8H15N2O2. The van der Waals surface area contributed by atoms with Crippen molar-refractivity contribution in [1.29, 1.82) is 0 Å². The van der Waals surface area contributed by atoms with Crippen molar-refractivity contribution in [1.82, 2.24) is 9.80 Å². The molecule has 4 nitrogen and oxygen atoms in total. The van der Waals surface area contributed by atoms with Gasteiger partial charge in [0.15, 0.2) is 0 Å². The zero-order chi connectivity index (χ0) is 8.97. The van der Waals surface area contributed by atoms with Crippen LogP contribution in [-0.2, 0) is 4.74 Å².